The molecule has 1 unspecified atom stereocenters. The Morgan fingerprint density at radius 3 is 2.81 bits per heavy atom. The number of hydrogen-bond acceptors (Lipinski definition) is 2. The molecule has 4 heteroatoms. The zero-order valence-corrected chi connectivity index (χ0v) is 10.4. The summed E-state index contributed by atoms with van der Waals surface area (Å²) in [5, 5.41) is 3.70. The smallest absolute Gasteiger partial charge is 0.137 e. The van der Waals surface area contributed by atoms with Crippen molar-refractivity contribution >= 4 is 11.6 Å². The lowest BCUT2D eigenvalue weighted by atomic mass is 10.1. The Balaban J connectivity index is 2.67. The van der Waals surface area contributed by atoms with Crippen LogP contribution >= 0.6 is 11.6 Å². The zero-order valence-electron chi connectivity index (χ0n) is 9.59. The summed E-state index contributed by atoms with van der Waals surface area (Å²) in [5.41, 5.74) is 1.10. The molecule has 0 radical (unpaired) electrons. The van der Waals surface area contributed by atoms with Crippen LogP contribution in [0.2, 0.25) is 5.02 Å². The van der Waals surface area contributed by atoms with Crippen molar-refractivity contribution in [3.63, 3.8) is 0 Å². The first-order valence-electron chi connectivity index (χ1n) is 5.34. The summed E-state index contributed by atoms with van der Waals surface area (Å²) in [4.78, 5) is 0. The van der Waals surface area contributed by atoms with E-state index in [1.807, 2.05) is 25.2 Å². The SMILES string of the molecule is CNC(C)c1ccc(OCCCF)c(Cl)c1. The van der Waals surface area contributed by atoms with Gasteiger partial charge in [0.05, 0.1) is 18.3 Å². The first kappa shape index (κ1) is 13.3. The normalized spacial score (nSPS) is 12.5. The third-order valence-corrected chi connectivity index (χ3v) is 2.72. The van der Waals surface area contributed by atoms with Gasteiger partial charge in [-0.1, -0.05) is 17.7 Å². The summed E-state index contributed by atoms with van der Waals surface area (Å²) >= 11 is 6.06. The van der Waals surface area contributed by atoms with Crippen LogP contribution in [-0.2, 0) is 0 Å². The number of halogens is 2. The Morgan fingerprint density at radius 1 is 1.50 bits per heavy atom. The van der Waals surface area contributed by atoms with Gasteiger partial charge in [-0.2, -0.15) is 0 Å². The van der Waals surface area contributed by atoms with Crippen molar-refractivity contribution in [1.82, 2.24) is 5.32 Å². The molecule has 0 spiro atoms. The van der Waals surface area contributed by atoms with Gasteiger partial charge in [0.2, 0.25) is 0 Å². The average Bonchev–Trinajstić information content (AvgIpc) is 2.30. The Hall–Kier alpha value is -0.800. The van der Waals surface area contributed by atoms with E-state index >= 15 is 0 Å². The molecule has 0 aliphatic carbocycles. The molecule has 0 aromatic heterocycles. The quantitative estimate of drug-likeness (QED) is 0.776. The largest absolute Gasteiger partial charge is 0.492 e. The van der Waals surface area contributed by atoms with Gasteiger partial charge in [-0.05, 0) is 31.7 Å². The van der Waals surface area contributed by atoms with E-state index < -0.39 is 0 Å². The van der Waals surface area contributed by atoms with Gasteiger partial charge < -0.3 is 10.1 Å². The molecule has 1 aromatic rings. The van der Waals surface area contributed by atoms with Crippen LogP contribution in [0, 0.1) is 0 Å². The van der Waals surface area contributed by atoms with Crippen LogP contribution < -0.4 is 10.1 Å². The maximum Gasteiger partial charge on any atom is 0.137 e. The molecule has 0 bridgehead atoms. The third-order valence-electron chi connectivity index (χ3n) is 2.42. The van der Waals surface area contributed by atoms with Gasteiger partial charge in [0.15, 0.2) is 0 Å². The van der Waals surface area contributed by atoms with Crippen molar-refractivity contribution in [2.45, 2.75) is 19.4 Å². The third kappa shape index (κ3) is 3.65. The molecule has 0 amide bonds. The number of alkyl halides is 1. The lowest BCUT2D eigenvalue weighted by Crippen LogP contribution is -2.12. The summed E-state index contributed by atoms with van der Waals surface area (Å²) in [7, 11) is 1.89. The molecule has 0 aliphatic heterocycles. The number of ether oxygens (including phenoxy) is 1. The highest BCUT2D eigenvalue weighted by Crippen LogP contribution is 2.27. The second-order valence-corrected chi connectivity index (χ2v) is 4.00. The van der Waals surface area contributed by atoms with Crippen LogP contribution in [-0.4, -0.2) is 20.3 Å². The topological polar surface area (TPSA) is 21.3 Å². The first-order chi connectivity index (χ1) is 7.69. The number of benzene rings is 1. The summed E-state index contributed by atoms with van der Waals surface area (Å²) in [6.07, 6.45) is 0.394. The lowest BCUT2D eigenvalue weighted by Gasteiger charge is -2.13. The predicted octanol–water partition coefficient (Wildman–Crippen LogP) is 3.36. The van der Waals surface area contributed by atoms with Gasteiger partial charge in [0, 0.05) is 12.5 Å². The number of hydrogen-bond donors (Lipinski definition) is 1. The van der Waals surface area contributed by atoms with Gasteiger partial charge in [-0.15, -0.1) is 0 Å². The molecule has 0 saturated carbocycles. The summed E-state index contributed by atoms with van der Waals surface area (Å²) in [6.45, 7) is 2.04. The van der Waals surface area contributed by atoms with Crippen molar-refractivity contribution in [2.75, 3.05) is 20.3 Å². The molecule has 0 aliphatic rings. The van der Waals surface area contributed by atoms with Gasteiger partial charge in [-0.25, -0.2) is 0 Å². The van der Waals surface area contributed by atoms with E-state index in [4.69, 9.17) is 16.3 Å². The molecule has 90 valence electrons. The average molecular weight is 246 g/mol. The van der Waals surface area contributed by atoms with E-state index in [1.54, 1.807) is 0 Å². The van der Waals surface area contributed by atoms with Gasteiger partial charge in [0.1, 0.15) is 5.75 Å². The maximum atomic E-state index is 11.9. The standard InChI is InChI=1S/C12H17ClFNO/c1-9(15-2)10-4-5-12(11(13)8-10)16-7-3-6-14/h4-5,8-9,15H,3,6-7H2,1-2H3. The van der Waals surface area contributed by atoms with Crippen LogP contribution in [0.15, 0.2) is 18.2 Å². The highest BCUT2D eigenvalue weighted by Gasteiger charge is 2.07. The Kier molecular flexibility index (Phi) is 5.56. The maximum absolute atomic E-state index is 11.9. The molecule has 16 heavy (non-hydrogen) atoms. The monoisotopic (exact) mass is 245 g/mol. The fourth-order valence-corrected chi connectivity index (χ4v) is 1.55. The van der Waals surface area contributed by atoms with Crippen LogP contribution in [0.3, 0.4) is 0 Å². The summed E-state index contributed by atoms with van der Waals surface area (Å²) in [6, 6.07) is 5.90. The van der Waals surface area contributed by atoms with Crippen molar-refractivity contribution < 1.29 is 9.13 Å². The first-order valence-corrected chi connectivity index (χ1v) is 5.72. The molecule has 0 heterocycles. The molecule has 0 saturated heterocycles. The molecule has 2 nitrogen and oxygen atoms in total. The van der Waals surface area contributed by atoms with Crippen LogP contribution in [0.25, 0.3) is 0 Å². The predicted molar refractivity (Wildman–Crippen MR) is 65.0 cm³/mol. The van der Waals surface area contributed by atoms with E-state index in [1.165, 1.54) is 0 Å². The highest BCUT2D eigenvalue weighted by molar-refractivity contribution is 6.32. The van der Waals surface area contributed by atoms with Crippen molar-refractivity contribution in [3.05, 3.63) is 28.8 Å². The number of rotatable bonds is 6. The van der Waals surface area contributed by atoms with E-state index in [2.05, 4.69) is 12.2 Å². The van der Waals surface area contributed by atoms with Crippen LogP contribution in [0.5, 0.6) is 5.75 Å². The minimum atomic E-state index is -0.369. The second-order valence-electron chi connectivity index (χ2n) is 3.59. The van der Waals surface area contributed by atoms with E-state index in [0.29, 0.717) is 23.8 Å². The highest BCUT2D eigenvalue weighted by atomic mass is 35.5. The van der Waals surface area contributed by atoms with Crippen molar-refractivity contribution in [3.8, 4) is 5.75 Å². The minimum absolute atomic E-state index is 0.248. The molecular weight excluding hydrogens is 229 g/mol. The van der Waals surface area contributed by atoms with Crippen molar-refractivity contribution in [1.29, 1.82) is 0 Å². The van der Waals surface area contributed by atoms with Gasteiger partial charge >= 0.3 is 0 Å². The van der Waals surface area contributed by atoms with E-state index in [0.717, 1.165) is 5.56 Å². The van der Waals surface area contributed by atoms with E-state index in [-0.39, 0.29) is 12.7 Å². The Labute approximate surface area is 101 Å². The Morgan fingerprint density at radius 2 is 2.25 bits per heavy atom. The van der Waals surface area contributed by atoms with Crippen LogP contribution in [0.1, 0.15) is 24.9 Å². The van der Waals surface area contributed by atoms with Gasteiger partial charge in [0.25, 0.3) is 0 Å². The zero-order chi connectivity index (χ0) is 12.0. The van der Waals surface area contributed by atoms with E-state index in [9.17, 15) is 4.39 Å². The summed E-state index contributed by atoms with van der Waals surface area (Å²) < 4.78 is 17.2. The summed E-state index contributed by atoms with van der Waals surface area (Å²) in [5.74, 6) is 0.613. The van der Waals surface area contributed by atoms with Crippen LogP contribution in [0.4, 0.5) is 4.39 Å². The Bertz CT molecular complexity index is 333. The molecular formula is C12H17ClFNO. The van der Waals surface area contributed by atoms with Gasteiger partial charge in [-0.3, -0.25) is 4.39 Å². The second kappa shape index (κ2) is 6.71. The molecule has 1 aromatic carbocycles. The molecule has 1 N–H and O–H groups in total. The molecule has 1 rings (SSSR count). The minimum Gasteiger partial charge on any atom is -0.492 e. The fourth-order valence-electron chi connectivity index (χ4n) is 1.31. The molecule has 1 atom stereocenters. The van der Waals surface area contributed by atoms with Crippen molar-refractivity contribution in [2.24, 2.45) is 0 Å². The molecule has 0 fully saturated rings. The lowest BCUT2D eigenvalue weighted by molar-refractivity contribution is 0.289. The fraction of sp³-hybridized carbons (Fsp3) is 0.500. The number of nitrogens with one attached hydrogen (secondary N) is 1.